The summed E-state index contributed by atoms with van der Waals surface area (Å²) in [6.07, 6.45) is 0. The average molecular weight is 1680 g/mol. The molecule has 20 rings (SSSR count). The highest BCUT2D eigenvalue weighted by Gasteiger charge is 2.29. The highest BCUT2D eigenvalue weighted by molar-refractivity contribution is 6.33. The van der Waals surface area contributed by atoms with Crippen molar-refractivity contribution in [1.29, 1.82) is 0 Å². The Labute approximate surface area is 752 Å². The maximum Gasteiger partial charge on any atom is 0.163 e. The van der Waals surface area contributed by atoms with Crippen molar-refractivity contribution in [2.45, 2.75) is 41.5 Å². The summed E-state index contributed by atoms with van der Waals surface area (Å²) in [4.78, 5) is 45.9. The Morgan fingerprint density at radius 3 is 0.930 bits per heavy atom. The Kier molecular flexibility index (Phi) is 23.9. The van der Waals surface area contributed by atoms with Gasteiger partial charge < -0.3 is 28.9 Å². The number of hydrogen-bond donors (Lipinski definition) is 0. The maximum absolute atomic E-state index is 13.1. The molecule has 0 heterocycles. The van der Waals surface area contributed by atoms with Crippen molar-refractivity contribution < 1.29 is 28.6 Å². The number of benzene rings is 20. The van der Waals surface area contributed by atoms with Crippen LogP contribution < -0.4 is 14.7 Å². The zero-order valence-electron chi connectivity index (χ0n) is 73.6. The summed E-state index contributed by atoms with van der Waals surface area (Å²) in [6, 6.07) is 145. The predicted molar refractivity (Wildman–Crippen MR) is 542 cm³/mol. The summed E-state index contributed by atoms with van der Waals surface area (Å²) in [5.74, 6) is 1.79. The van der Waals surface area contributed by atoms with E-state index in [1.807, 2.05) is 75.4 Å². The Balaban J connectivity index is 0.000000131. The van der Waals surface area contributed by atoms with Gasteiger partial charge in [0.2, 0.25) is 0 Å². The van der Waals surface area contributed by atoms with E-state index in [0.29, 0.717) is 34.0 Å². The van der Waals surface area contributed by atoms with Gasteiger partial charge in [0, 0.05) is 61.2 Å². The number of methoxy groups -OCH3 is 3. The monoisotopic (exact) mass is 1670 g/mol. The van der Waals surface area contributed by atoms with Gasteiger partial charge in [-0.15, -0.1) is 0 Å². The van der Waals surface area contributed by atoms with Crippen LogP contribution in [0.25, 0.3) is 136 Å². The third-order valence-electron chi connectivity index (χ3n) is 24.7. The summed E-state index contributed by atoms with van der Waals surface area (Å²) >= 11 is 0. The van der Waals surface area contributed by atoms with E-state index in [1.165, 1.54) is 44.2 Å². The van der Waals surface area contributed by atoms with Gasteiger partial charge in [0.1, 0.15) is 17.3 Å². The molecule has 0 aromatic heterocycles. The first-order valence-corrected chi connectivity index (χ1v) is 43.5. The Morgan fingerprint density at radius 1 is 0.209 bits per heavy atom. The molecule has 0 atom stereocenters. The summed E-state index contributed by atoms with van der Waals surface area (Å²) < 4.78 is 16.8. The zero-order valence-corrected chi connectivity index (χ0v) is 73.6. The molecule has 9 nitrogen and oxygen atoms in total. The van der Waals surface area contributed by atoms with Crippen molar-refractivity contribution in [3.8, 4) is 33.4 Å². The second-order valence-electron chi connectivity index (χ2n) is 32.3. The number of Topliss-reactive ketones (excluding diaryl/α,β-unsaturated/α-hetero) is 3. The molecule has 0 N–H and O–H groups in total. The van der Waals surface area contributed by atoms with E-state index in [9.17, 15) is 14.4 Å². The van der Waals surface area contributed by atoms with Gasteiger partial charge in [-0.2, -0.15) is 0 Å². The molecular weight excluding hydrogens is 1580 g/mol. The lowest BCUT2D eigenvalue weighted by molar-refractivity contribution is -0.112. The fraction of sp³-hybridized carbons (Fsp3) is 0.0750. The number of rotatable bonds is 21. The molecule has 20 aromatic carbocycles. The van der Waals surface area contributed by atoms with Crippen LogP contribution in [-0.2, 0) is 28.6 Å². The van der Waals surface area contributed by atoms with Crippen molar-refractivity contribution >= 4 is 171 Å². The number of carbonyl (C=O) groups is 3. The molecule has 0 saturated carbocycles. The first-order chi connectivity index (χ1) is 63.2. The van der Waals surface area contributed by atoms with Crippen LogP contribution in [0.2, 0.25) is 0 Å². The van der Waals surface area contributed by atoms with Gasteiger partial charge in [0.15, 0.2) is 17.3 Å². The molecule has 0 aliphatic carbocycles. The molecule has 0 radical (unpaired) electrons. The number of para-hydroxylation sites is 3. The van der Waals surface area contributed by atoms with Crippen LogP contribution in [-0.4, -0.2) is 38.7 Å². The third kappa shape index (κ3) is 16.3. The van der Waals surface area contributed by atoms with Crippen molar-refractivity contribution in [2.24, 2.45) is 0 Å². The summed E-state index contributed by atoms with van der Waals surface area (Å²) in [7, 11) is 4.85. The Hall–Kier alpha value is -16.2. The van der Waals surface area contributed by atoms with Gasteiger partial charge in [-0.1, -0.05) is 322 Å². The number of carbonyl (C=O) groups excluding carboxylic acids is 3. The maximum atomic E-state index is 13.1. The predicted octanol–water partition coefficient (Wildman–Crippen LogP) is 32.0. The Morgan fingerprint density at radius 2 is 0.504 bits per heavy atom. The molecule has 0 unspecified atom stereocenters. The second-order valence-corrected chi connectivity index (χ2v) is 32.3. The fourth-order valence-corrected chi connectivity index (χ4v) is 18.6. The average Bonchev–Trinajstić information content (AvgIpc) is 0.727. The van der Waals surface area contributed by atoms with Crippen LogP contribution in [0.1, 0.15) is 58.2 Å². The topological polar surface area (TPSA) is 88.6 Å². The van der Waals surface area contributed by atoms with Gasteiger partial charge in [-0.25, -0.2) is 0 Å². The lowest BCUT2D eigenvalue weighted by atomic mass is 9.88. The van der Waals surface area contributed by atoms with E-state index in [4.69, 9.17) is 14.2 Å². The van der Waals surface area contributed by atoms with Crippen LogP contribution in [0.5, 0.6) is 0 Å². The van der Waals surface area contributed by atoms with Crippen LogP contribution in [0.15, 0.2) is 430 Å². The second kappa shape index (κ2) is 36.9. The van der Waals surface area contributed by atoms with E-state index >= 15 is 0 Å². The molecule has 0 amide bonds. The quantitative estimate of drug-likeness (QED) is 0.0302. The van der Waals surface area contributed by atoms with Gasteiger partial charge in [0.05, 0.1) is 55.1 Å². The summed E-state index contributed by atoms with van der Waals surface area (Å²) in [6.45, 7) is 10.4. The minimum atomic E-state index is -0.0242. The SMILES string of the molecule is CO/C(C)=C(\C(C)=O)c1c2ccccc2c(N(c2ccccc2)c2ccc(-c3ccccc3)cc2)c2ccccc12.CO/C(C)=C(\C(C)=O)c1cc2c3ccccc3c(N(c3ccccc3)c3ccc(-c4ccccc4)cc3)cc2c2ccccc12.CO/C(C)=C(\C(C)=O)c1ccc2ccc3c(N(c4ccccc4)c4ccc(-c5ccccc5)cc4)ccc4ccc1c2c43. The molecule has 20 aromatic rings. The molecular formula is C120H95N3O6. The molecule has 0 aliphatic rings. The van der Waals surface area contributed by atoms with Crippen molar-refractivity contribution in [3.05, 3.63) is 446 Å². The first kappa shape index (κ1) is 83.7. The van der Waals surface area contributed by atoms with Crippen LogP contribution in [0.4, 0.5) is 51.2 Å². The van der Waals surface area contributed by atoms with Crippen molar-refractivity contribution in [1.82, 2.24) is 0 Å². The number of allylic oxidation sites excluding steroid dienone is 6. The normalized spacial score (nSPS) is 11.9. The van der Waals surface area contributed by atoms with E-state index in [2.05, 4.69) is 373 Å². The largest absolute Gasteiger partial charge is 0.501 e. The molecule has 129 heavy (non-hydrogen) atoms. The molecule has 0 bridgehead atoms. The van der Waals surface area contributed by atoms with Crippen LogP contribution >= 0.6 is 0 Å². The lowest BCUT2D eigenvalue weighted by Crippen LogP contribution is -2.12. The number of ketones is 3. The number of hydrogen-bond acceptors (Lipinski definition) is 9. The molecule has 9 heteroatoms. The minimum Gasteiger partial charge on any atom is -0.501 e. The summed E-state index contributed by atoms with van der Waals surface area (Å²) in [5.41, 5.74) is 21.3. The van der Waals surface area contributed by atoms with Crippen molar-refractivity contribution in [3.63, 3.8) is 0 Å². The minimum absolute atomic E-state index is 0.00993. The highest BCUT2D eigenvalue weighted by atomic mass is 16.5. The van der Waals surface area contributed by atoms with Gasteiger partial charge in [-0.3, -0.25) is 14.4 Å². The third-order valence-corrected chi connectivity index (χ3v) is 24.7. The number of fused-ring (bicyclic) bond motifs is 7. The number of nitrogens with zero attached hydrogens (tertiary/aromatic N) is 3. The van der Waals surface area contributed by atoms with Gasteiger partial charge in [0.25, 0.3) is 0 Å². The molecule has 0 saturated heterocycles. The number of ether oxygens (including phenoxy) is 3. The lowest BCUT2D eigenvalue weighted by Gasteiger charge is -2.30. The van der Waals surface area contributed by atoms with Crippen LogP contribution in [0.3, 0.4) is 0 Å². The summed E-state index contributed by atoms with van der Waals surface area (Å²) in [5, 5.41) is 17.6. The number of anilines is 9. The van der Waals surface area contributed by atoms with E-state index in [0.717, 1.165) is 143 Å². The van der Waals surface area contributed by atoms with Gasteiger partial charge in [-0.05, 0) is 242 Å². The van der Waals surface area contributed by atoms with Gasteiger partial charge >= 0.3 is 0 Å². The molecule has 0 aliphatic heterocycles. The molecule has 0 fully saturated rings. The highest BCUT2D eigenvalue weighted by Crippen LogP contribution is 2.51. The smallest absolute Gasteiger partial charge is 0.163 e. The standard InChI is InChI=1S/C42H33NO2.C40H31NO2.C38H31NO2/c1-28(44)42(29(2)45-3)40-26-38-36-20-12-13-21-37(36)41(27-39(38)34-18-10-11-19-35(34)40)43(32-16-8-5-9-17-32)33-24-22-31(23-25-33)30-14-6-4-7-15-30;1-26(42)38(27(2)43-3)34-22-16-30-18-24-36-37(25-19-31-17-23-35(34)39(30)40(31)36)41(32-12-8-5-9-13-32)33-20-14-29(15-21-33)28-10-6-4-7-11-28;1-26(40)36(27(2)41-3)37-32-18-10-12-20-34(32)38(35-21-13-11-19-33(35)37)39(30-16-8-5-9-17-30)31-24-22-29(23-25-31)28-14-6-4-7-15-28/h4-27H,1-3H3;4-25H,1-3H3;4-25H,1-3H3/b42-29+;38-27+;36-27+. The van der Waals surface area contributed by atoms with E-state index in [1.54, 1.807) is 42.1 Å². The zero-order chi connectivity index (χ0) is 88.8. The first-order valence-electron chi connectivity index (χ1n) is 43.5. The van der Waals surface area contributed by atoms with E-state index < -0.39 is 0 Å². The Bertz CT molecular complexity index is 7630. The molecule has 0 spiro atoms. The van der Waals surface area contributed by atoms with E-state index in [-0.39, 0.29) is 17.3 Å². The molecule has 626 valence electrons. The fourth-order valence-electron chi connectivity index (χ4n) is 18.6. The van der Waals surface area contributed by atoms with Crippen molar-refractivity contribution in [2.75, 3.05) is 36.0 Å². The van der Waals surface area contributed by atoms with Crippen LogP contribution in [0, 0.1) is 0 Å².